The van der Waals surface area contributed by atoms with Crippen LogP contribution < -0.4 is 5.73 Å². The molecule has 1 amide bonds. The van der Waals surface area contributed by atoms with Gasteiger partial charge < -0.3 is 14.4 Å². The Kier molecular flexibility index (Phi) is 8.83. The van der Waals surface area contributed by atoms with Crippen LogP contribution in [0, 0.1) is 17.8 Å². The number of hydrogen-bond acceptors (Lipinski definition) is 8. The first-order valence-electron chi connectivity index (χ1n) is 12.5. The highest BCUT2D eigenvalue weighted by Crippen LogP contribution is 2.39. The van der Waals surface area contributed by atoms with Gasteiger partial charge in [0.15, 0.2) is 6.23 Å². The lowest BCUT2D eigenvalue weighted by Crippen LogP contribution is -2.52. The van der Waals surface area contributed by atoms with Gasteiger partial charge in [-0.3, -0.25) is 10.5 Å². The average Bonchev–Trinajstić information content (AvgIpc) is 3.40. The number of nitrogens with two attached hydrogens (primary N) is 1. The Morgan fingerprint density at radius 3 is 2.41 bits per heavy atom. The van der Waals surface area contributed by atoms with E-state index >= 15 is 0 Å². The second-order valence-electron chi connectivity index (χ2n) is 9.83. The monoisotopic (exact) mass is 567 g/mol. The van der Waals surface area contributed by atoms with E-state index < -0.39 is 34.3 Å². The molecule has 0 aromatic carbocycles. The van der Waals surface area contributed by atoms with Gasteiger partial charge in [0.1, 0.15) is 4.21 Å². The van der Waals surface area contributed by atoms with Gasteiger partial charge in [0.25, 0.3) is 10.0 Å². The molecule has 3 atom stereocenters. The molecule has 2 aliphatic heterocycles. The molecule has 0 radical (unpaired) electrons. The quantitative estimate of drug-likeness (QED) is 0.415. The number of thiophene rings is 1. The maximum Gasteiger partial charge on any atom is 0.490 e. The summed E-state index contributed by atoms with van der Waals surface area (Å²) in [6.07, 6.45) is -1.03. The number of hydrogen-bond donors (Lipinski definition) is 1. The topological polar surface area (TPSA) is 119 Å². The summed E-state index contributed by atoms with van der Waals surface area (Å²) in [5.74, 6) is -2.64. The van der Waals surface area contributed by atoms with Crippen LogP contribution in [-0.2, 0) is 29.1 Å². The standard InChI is InChI=1S/C23H32F3N3O6S2/c24-23(25,26)22(31)35-20(27)18-6-7-19(36-18)37(32,33)29-13-16(15-4-2-1-3-5-15)12-17(14-29)21(30)28-8-10-34-11-9-28/h6-7,15-17,20H,1-5,8-14,27H2/t16-,17+,20?/m1/s1. The third-order valence-corrected chi connectivity index (χ3v) is 10.8. The Morgan fingerprint density at radius 2 is 1.76 bits per heavy atom. The molecule has 1 saturated carbocycles. The van der Waals surface area contributed by atoms with Gasteiger partial charge in [0, 0.05) is 26.2 Å². The Labute approximate surface area is 218 Å². The maximum atomic E-state index is 13.6. The Bertz CT molecular complexity index is 1070. The number of amides is 1. The molecule has 208 valence electrons. The van der Waals surface area contributed by atoms with Crippen molar-refractivity contribution < 1.29 is 40.7 Å². The Balaban J connectivity index is 1.53. The number of carbonyl (C=O) groups excluding carboxylic acids is 2. The van der Waals surface area contributed by atoms with Crippen LogP contribution in [0.15, 0.2) is 16.3 Å². The summed E-state index contributed by atoms with van der Waals surface area (Å²) >= 11 is 0.658. The molecule has 14 heteroatoms. The number of ether oxygens (including phenoxy) is 2. The molecule has 4 rings (SSSR count). The van der Waals surface area contributed by atoms with Crippen LogP contribution in [-0.4, -0.2) is 75.1 Å². The number of alkyl halides is 3. The Morgan fingerprint density at radius 1 is 1.08 bits per heavy atom. The van der Waals surface area contributed by atoms with Crippen LogP contribution in [0.5, 0.6) is 0 Å². The smallest absolute Gasteiger partial charge is 0.435 e. The molecule has 1 aromatic heterocycles. The molecule has 3 heterocycles. The average molecular weight is 568 g/mol. The minimum atomic E-state index is -5.21. The lowest BCUT2D eigenvalue weighted by atomic mass is 9.74. The zero-order valence-electron chi connectivity index (χ0n) is 20.3. The minimum Gasteiger partial charge on any atom is -0.435 e. The van der Waals surface area contributed by atoms with Gasteiger partial charge in [-0.05, 0) is 30.4 Å². The van der Waals surface area contributed by atoms with Crippen LogP contribution in [0.4, 0.5) is 13.2 Å². The number of sulfonamides is 1. The van der Waals surface area contributed by atoms with Crippen LogP contribution in [0.2, 0.25) is 0 Å². The Hall–Kier alpha value is -1.74. The summed E-state index contributed by atoms with van der Waals surface area (Å²) in [4.78, 5) is 26.2. The predicted molar refractivity (Wildman–Crippen MR) is 128 cm³/mol. The maximum absolute atomic E-state index is 13.6. The van der Waals surface area contributed by atoms with Gasteiger partial charge in [-0.25, -0.2) is 13.2 Å². The normalized spacial score (nSPS) is 25.6. The summed E-state index contributed by atoms with van der Waals surface area (Å²) in [7, 11) is -4.06. The van der Waals surface area contributed by atoms with E-state index in [0.29, 0.717) is 50.0 Å². The fourth-order valence-electron chi connectivity index (χ4n) is 5.45. The molecular weight excluding hydrogens is 535 g/mol. The third-order valence-electron chi connectivity index (χ3n) is 7.38. The highest BCUT2D eigenvalue weighted by molar-refractivity contribution is 7.91. The fourth-order valence-corrected chi connectivity index (χ4v) is 8.41. The van der Waals surface area contributed by atoms with Gasteiger partial charge in [0.2, 0.25) is 5.91 Å². The summed E-state index contributed by atoms with van der Waals surface area (Å²) in [5.41, 5.74) is 5.59. The van der Waals surface area contributed by atoms with E-state index in [-0.39, 0.29) is 34.0 Å². The van der Waals surface area contributed by atoms with Crippen molar-refractivity contribution in [3.05, 3.63) is 17.0 Å². The van der Waals surface area contributed by atoms with Crippen molar-refractivity contribution in [3.8, 4) is 0 Å². The first-order valence-corrected chi connectivity index (χ1v) is 14.7. The second-order valence-corrected chi connectivity index (χ2v) is 13.1. The van der Waals surface area contributed by atoms with E-state index in [2.05, 4.69) is 4.74 Å². The molecule has 9 nitrogen and oxygen atoms in total. The van der Waals surface area contributed by atoms with Crippen LogP contribution in [0.25, 0.3) is 0 Å². The van der Waals surface area contributed by atoms with E-state index in [0.717, 1.165) is 32.1 Å². The molecule has 0 spiro atoms. The zero-order valence-corrected chi connectivity index (χ0v) is 22.0. The number of carbonyl (C=O) groups is 2. The number of esters is 1. The van der Waals surface area contributed by atoms with Gasteiger partial charge in [0.05, 0.1) is 24.0 Å². The van der Waals surface area contributed by atoms with Gasteiger partial charge >= 0.3 is 12.1 Å². The fraction of sp³-hybridized carbons (Fsp3) is 0.739. The number of nitrogens with zero attached hydrogens (tertiary/aromatic N) is 2. The molecule has 1 aliphatic carbocycles. The molecule has 3 fully saturated rings. The predicted octanol–water partition coefficient (Wildman–Crippen LogP) is 2.88. The number of morpholine rings is 1. The second kappa shape index (κ2) is 11.6. The van der Waals surface area contributed by atoms with Crippen molar-refractivity contribution in [2.75, 3.05) is 39.4 Å². The van der Waals surface area contributed by atoms with Crippen molar-refractivity contribution in [2.45, 2.75) is 55.1 Å². The number of piperidine rings is 1. The summed E-state index contributed by atoms with van der Waals surface area (Å²) in [5, 5.41) is 0. The van der Waals surface area contributed by atoms with Gasteiger partial charge in [-0.15, -0.1) is 11.3 Å². The van der Waals surface area contributed by atoms with Gasteiger partial charge in [-0.1, -0.05) is 32.1 Å². The lowest BCUT2D eigenvalue weighted by Gasteiger charge is -2.42. The van der Waals surface area contributed by atoms with Crippen LogP contribution >= 0.6 is 11.3 Å². The molecular formula is C23H32F3N3O6S2. The molecule has 0 bridgehead atoms. The molecule has 2 N–H and O–H groups in total. The molecule has 2 saturated heterocycles. The SMILES string of the molecule is NC(OC(=O)C(F)(F)F)c1ccc(S(=O)(=O)N2C[C@@H](C(=O)N3CCOCC3)C[C@@H](C3CCCCC3)C2)s1. The molecule has 1 aromatic rings. The summed E-state index contributed by atoms with van der Waals surface area (Å²) in [6.45, 7) is 2.15. The summed E-state index contributed by atoms with van der Waals surface area (Å²) < 4.78 is 75.6. The van der Waals surface area contributed by atoms with E-state index in [1.54, 1.807) is 4.90 Å². The van der Waals surface area contributed by atoms with E-state index in [1.165, 1.54) is 16.4 Å². The lowest BCUT2D eigenvalue weighted by molar-refractivity contribution is -0.204. The highest BCUT2D eigenvalue weighted by Gasteiger charge is 2.44. The van der Waals surface area contributed by atoms with Crippen molar-refractivity contribution in [1.29, 1.82) is 0 Å². The number of rotatable bonds is 6. The largest absolute Gasteiger partial charge is 0.490 e. The number of halogens is 3. The zero-order chi connectivity index (χ0) is 26.8. The molecule has 1 unspecified atom stereocenters. The van der Waals surface area contributed by atoms with Crippen LogP contribution in [0.3, 0.4) is 0 Å². The van der Waals surface area contributed by atoms with Crippen molar-refractivity contribution in [1.82, 2.24) is 9.21 Å². The first kappa shape index (κ1) is 28.3. The molecule has 37 heavy (non-hydrogen) atoms. The highest BCUT2D eigenvalue weighted by atomic mass is 32.2. The van der Waals surface area contributed by atoms with Crippen molar-refractivity contribution >= 4 is 33.2 Å². The molecule has 3 aliphatic rings. The van der Waals surface area contributed by atoms with E-state index in [4.69, 9.17) is 10.5 Å². The minimum absolute atomic E-state index is 0.0297. The van der Waals surface area contributed by atoms with Gasteiger partial charge in [-0.2, -0.15) is 17.5 Å². The van der Waals surface area contributed by atoms with Crippen molar-refractivity contribution in [2.24, 2.45) is 23.5 Å². The third kappa shape index (κ3) is 6.64. The van der Waals surface area contributed by atoms with Crippen molar-refractivity contribution in [3.63, 3.8) is 0 Å². The first-order chi connectivity index (χ1) is 17.5. The van der Waals surface area contributed by atoms with Crippen LogP contribution in [0.1, 0.15) is 49.6 Å². The van der Waals surface area contributed by atoms with E-state index in [9.17, 15) is 31.2 Å². The summed E-state index contributed by atoms with van der Waals surface area (Å²) in [6, 6.07) is 2.49. The van der Waals surface area contributed by atoms with E-state index in [1.807, 2.05) is 0 Å².